The van der Waals surface area contributed by atoms with Crippen molar-refractivity contribution in [3.63, 3.8) is 0 Å². The average molecular weight is 659 g/mol. The van der Waals surface area contributed by atoms with Crippen LogP contribution in [0.2, 0.25) is 0 Å². The summed E-state index contributed by atoms with van der Waals surface area (Å²) < 4.78 is 17.5. The number of amides is 2. The predicted octanol–water partition coefficient (Wildman–Crippen LogP) is 2.62. The molecule has 0 heterocycles. The minimum Gasteiger partial charge on any atom is -0.493 e. The first-order valence-electron chi connectivity index (χ1n) is 13.4. The Morgan fingerprint density at radius 3 is 2.51 bits per heavy atom. The van der Waals surface area contributed by atoms with Crippen LogP contribution in [0.5, 0.6) is 11.5 Å². The van der Waals surface area contributed by atoms with Gasteiger partial charge in [-0.05, 0) is 53.6 Å². The number of halogens is 1. The summed E-state index contributed by atoms with van der Waals surface area (Å²) in [5, 5.41) is 23.6. The number of hydrogen-bond acceptors (Lipinski definition) is 8. The van der Waals surface area contributed by atoms with Crippen molar-refractivity contribution in [2.45, 2.75) is 75.7 Å². The summed E-state index contributed by atoms with van der Waals surface area (Å²) in [6.45, 7) is 0.114. The topological polar surface area (TPSA) is 135 Å². The molecule has 1 aromatic carbocycles. The molecule has 1 aromatic rings. The van der Waals surface area contributed by atoms with E-state index >= 15 is 0 Å². The van der Waals surface area contributed by atoms with Gasteiger partial charge in [0.15, 0.2) is 11.5 Å². The zero-order valence-corrected chi connectivity index (χ0v) is 24.7. The van der Waals surface area contributed by atoms with Crippen LogP contribution in [0.25, 0.3) is 0 Å². The van der Waals surface area contributed by atoms with Gasteiger partial charge in [-0.1, -0.05) is 25.7 Å². The highest BCUT2D eigenvalue weighted by Gasteiger charge is 2.43. The molecule has 2 aliphatic rings. The van der Waals surface area contributed by atoms with Crippen molar-refractivity contribution in [3.05, 3.63) is 32.9 Å². The molecule has 0 radical (unpaired) electrons. The van der Waals surface area contributed by atoms with Crippen molar-refractivity contribution < 1.29 is 38.8 Å². The molecule has 2 aliphatic carbocycles. The first-order valence-corrected chi connectivity index (χ1v) is 14.5. The third kappa shape index (κ3) is 8.15. The molecule has 0 bridgehead atoms. The summed E-state index contributed by atoms with van der Waals surface area (Å²) in [7, 11) is 3.00. The maximum atomic E-state index is 13.6. The van der Waals surface area contributed by atoms with Crippen LogP contribution in [0.1, 0.15) is 61.7 Å². The lowest BCUT2D eigenvalue weighted by molar-refractivity contribution is -0.143. The van der Waals surface area contributed by atoms with Crippen molar-refractivity contribution in [1.82, 2.24) is 10.2 Å². The van der Waals surface area contributed by atoms with Crippen LogP contribution in [0.15, 0.2) is 23.8 Å². The van der Waals surface area contributed by atoms with Gasteiger partial charge >= 0.3 is 0 Å². The highest BCUT2D eigenvalue weighted by atomic mass is 127. The first kappa shape index (κ1) is 31.3. The number of methoxy groups -OCH3 is 2. The fourth-order valence-corrected chi connectivity index (χ4v) is 6.07. The lowest BCUT2D eigenvalue weighted by Gasteiger charge is -2.44. The lowest BCUT2D eigenvalue weighted by Crippen LogP contribution is -2.58. The van der Waals surface area contributed by atoms with E-state index < -0.39 is 24.2 Å². The second-order valence-corrected chi connectivity index (χ2v) is 11.0. The van der Waals surface area contributed by atoms with Crippen LogP contribution < -0.4 is 14.8 Å². The van der Waals surface area contributed by atoms with E-state index in [4.69, 9.17) is 14.2 Å². The van der Waals surface area contributed by atoms with Gasteiger partial charge in [0, 0.05) is 37.3 Å². The molecule has 1 saturated carbocycles. The van der Waals surface area contributed by atoms with Crippen LogP contribution in [-0.2, 0) is 14.3 Å². The van der Waals surface area contributed by atoms with Crippen LogP contribution >= 0.6 is 22.6 Å². The van der Waals surface area contributed by atoms with E-state index in [2.05, 4.69) is 5.32 Å². The van der Waals surface area contributed by atoms with Crippen molar-refractivity contribution in [1.29, 1.82) is 0 Å². The number of carbonyl (C=O) groups is 3. The number of aliphatic hydroxyl groups excluding tert-OH is 2. The highest BCUT2D eigenvalue weighted by Crippen LogP contribution is 2.38. The van der Waals surface area contributed by atoms with Gasteiger partial charge in [-0.2, -0.15) is 0 Å². The quantitative estimate of drug-likeness (QED) is 0.177. The number of nitrogens with zero attached hydrogens (tertiary/aromatic N) is 1. The standard InChI is InChI=1S/C28H39IN2O8/c1-37-12-9-25(34)31(20-7-5-3-4-6-8-20)22-15-19(28(36)30-10-11-32)16-23(26(22)35)39-27-21(29)13-18(17-33)14-24(27)38-2/h13-14,16-17,20,22-23,26,32,35H,3-12,15H2,1-2H3,(H,30,36). The fourth-order valence-electron chi connectivity index (χ4n) is 5.32. The highest BCUT2D eigenvalue weighted by molar-refractivity contribution is 14.1. The summed E-state index contributed by atoms with van der Waals surface area (Å²) in [4.78, 5) is 39.8. The summed E-state index contributed by atoms with van der Waals surface area (Å²) in [6, 6.07) is 2.41. The molecule has 0 spiro atoms. The van der Waals surface area contributed by atoms with Gasteiger partial charge in [-0.25, -0.2) is 0 Å². The van der Waals surface area contributed by atoms with E-state index in [1.807, 2.05) is 22.6 Å². The number of hydrogen-bond donors (Lipinski definition) is 3. The number of ether oxygens (including phenoxy) is 3. The van der Waals surface area contributed by atoms with Crippen LogP contribution in [-0.4, -0.2) is 91.5 Å². The van der Waals surface area contributed by atoms with Gasteiger partial charge in [-0.3, -0.25) is 14.4 Å². The largest absolute Gasteiger partial charge is 0.493 e. The van der Waals surface area contributed by atoms with E-state index in [9.17, 15) is 24.6 Å². The predicted molar refractivity (Wildman–Crippen MR) is 153 cm³/mol. The average Bonchev–Trinajstić information content (AvgIpc) is 3.22. The zero-order chi connectivity index (χ0) is 28.4. The third-order valence-corrected chi connectivity index (χ3v) is 8.04. The second-order valence-electron chi connectivity index (χ2n) is 9.86. The molecule has 0 aromatic heterocycles. The van der Waals surface area contributed by atoms with Gasteiger partial charge in [0.2, 0.25) is 11.8 Å². The Morgan fingerprint density at radius 2 is 1.90 bits per heavy atom. The molecule has 10 nitrogen and oxygen atoms in total. The van der Waals surface area contributed by atoms with Crippen molar-refractivity contribution in [2.75, 3.05) is 34.0 Å². The van der Waals surface area contributed by atoms with Crippen molar-refractivity contribution >= 4 is 40.7 Å². The minimum atomic E-state index is -1.14. The number of aldehydes is 1. The van der Waals surface area contributed by atoms with Gasteiger partial charge in [-0.15, -0.1) is 0 Å². The van der Waals surface area contributed by atoms with E-state index in [1.54, 1.807) is 30.2 Å². The molecule has 3 rings (SSSR count). The van der Waals surface area contributed by atoms with Gasteiger partial charge in [0.25, 0.3) is 0 Å². The molecule has 11 heteroatoms. The first-order chi connectivity index (χ1) is 18.8. The summed E-state index contributed by atoms with van der Waals surface area (Å²) in [5.74, 6) is 0.116. The molecule has 1 fully saturated rings. The Bertz CT molecular complexity index is 1030. The molecular weight excluding hydrogens is 619 g/mol. The van der Waals surface area contributed by atoms with Gasteiger partial charge in [0.05, 0.1) is 36.4 Å². The summed E-state index contributed by atoms with van der Waals surface area (Å²) in [5.41, 5.74) is 0.772. The van der Waals surface area contributed by atoms with E-state index in [-0.39, 0.29) is 44.5 Å². The number of aliphatic hydroxyl groups is 2. The molecule has 0 aliphatic heterocycles. The number of carbonyl (C=O) groups excluding carboxylic acids is 3. The Balaban J connectivity index is 2.02. The normalized spacial score (nSPS) is 21.9. The molecule has 216 valence electrons. The van der Waals surface area contributed by atoms with Crippen LogP contribution in [0.3, 0.4) is 0 Å². The molecular formula is C28H39IN2O8. The molecule has 0 saturated heterocycles. The van der Waals surface area contributed by atoms with E-state index in [0.717, 1.165) is 38.5 Å². The Labute approximate surface area is 243 Å². The summed E-state index contributed by atoms with van der Waals surface area (Å²) in [6.07, 6.45) is 6.28. The zero-order valence-electron chi connectivity index (χ0n) is 22.6. The maximum Gasteiger partial charge on any atom is 0.247 e. The fraction of sp³-hybridized carbons (Fsp3) is 0.607. The Morgan fingerprint density at radius 1 is 1.18 bits per heavy atom. The smallest absolute Gasteiger partial charge is 0.247 e. The van der Waals surface area contributed by atoms with Gasteiger partial charge < -0.3 is 34.6 Å². The van der Waals surface area contributed by atoms with Crippen LogP contribution in [0, 0.1) is 3.57 Å². The SMILES string of the molecule is COCCC(=O)N(C1CCCCCC1)C1CC(C(=O)NCCO)=CC(Oc2c(I)cc(C=O)cc2OC)C1O. The number of rotatable bonds is 12. The molecule has 3 unspecified atom stereocenters. The van der Waals surface area contributed by atoms with Gasteiger partial charge in [0.1, 0.15) is 18.5 Å². The van der Waals surface area contributed by atoms with Crippen LogP contribution in [0.4, 0.5) is 0 Å². The van der Waals surface area contributed by atoms with E-state index in [0.29, 0.717) is 32.5 Å². The van der Waals surface area contributed by atoms with Crippen molar-refractivity contribution in [2.24, 2.45) is 0 Å². The molecule has 2 amide bonds. The molecule has 39 heavy (non-hydrogen) atoms. The Kier molecular flexibility index (Phi) is 12.5. The van der Waals surface area contributed by atoms with Crippen molar-refractivity contribution in [3.8, 4) is 11.5 Å². The van der Waals surface area contributed by atoms with E-state index in [1.165, 1.54) is 7.11 Å². The lowest BCUT2D eigenvalue weighted by atomic mass is 9.86. The third-order valence-electron chi connectivity index (χ3n) is 7.24. The number of nitrogens with one attached hydrogen (secondary N) is 1. The second kappa shape index (κ2) is 15.5. The monoisotopic (exact) mass is 658 g/mol. The molecule has 3 atom stereocenters. The Hall–Kier alpha value is -2.22. The minimum absolute atomic E-state index is 0.0708. The maximum absolute atomic E-state index is 13.6. The number of benzene rings is 1. The molecule has 3 N–H and O–H groups in total. The summed E-state index contributed by atoms with van der Waals surface area (Å²) >= 11 is 2.03.